The molecule has 2 N–H and O–H groups in total. The van der Waals surface area contributed by atoms with Gasteiger partial charge in [-0.15, -0.1) is 6.42 Å². The lowest BCUT2D eigenvalue weighted by Gasteiger charge is -2.04. The van der Waals surface area contributed by atoms with Crippen LogP contribution in [0.1, 0.15) is 6.92 Å². The molecule has 0 aliphatic carbocycles. The van der Waals surface area contributed by atoms with E-state index in [-0.39, 0.29) is 0 Å². The Morgan fingerprint density at radius 1 is 1.80 bits per heavy atom. The molecule has 0 aliphatic heterocycles. The zero-order chi connectivity index (χ0) is 7.98. The Morgan fingerprint density at radius 2 is 2.40 bits per heavy atom. The minimum Gasteiger partial charge on any atom is -0.330 e. The SMILES string of the molecule is C#CCS(=O)CC(C)CN. The molecule has 0 fully saturated rings. The molecule has 0 saturated carbocycles. The van der Waals surface area contributed by atoms with Crippen molar-refractivity contribution in [3.8, 4) is 12.3 Å². The van der Waals surface area contributed by atoms with Gasteiger partial charge < -0.3 is 5.73 Å². The second kappa shape index (κ2) is 5.45. The van der Waals surface area contributed by atoms with E-state index in [0.29, 0.717) is 24.0 Å². The van der Waals surface area contributed by atoms with Gasteiger partial charge in [-0.2, -0.15) is 0 Å². The van der Waals surface area contributed by atoms with Gasteiger partial charge in [0.05, 0.1) is 5.75 Å². The molecule has 10 heavy (non-hydrogen) atoms. The van der Waals surface area contributed by atoms with Crippen LogP contribution in [-0.2, 0) is 10.8 Å². The predicted molar refractivity (Wildman–Crippen MR) is 44.9 cm³/mol. The number of rotatable bonds is 4. The number of hydrogen-bond donors (Lipinski definition) is 1. The highest BCUT2D eigenvalue weighted by Crippen LogP contribution is 1.94. The summed E-state index contributed by atoms with van der Waals surface area (Å²) in [5.41, 5.74) is 5.33. The van der Waals surface area contributed by atoms with E-state index < -0.39 is 10.8 Å². The van der Waals surface area contributed by atoms with Crippen molar-refractivity contribution in [2.45, 2.75) is 6.92 Å². The smallest absolute Gasteiger partial charge is 0.0844 e. The third kappa shape index (κ3) is 4.54. The number of nitrogens with two attached hydrogens (primary N) is 1. The van der Waals surface area contributed by atoms with Crippen LogP contribution in [0.5, 0.6) is 0 Å². The van der Waals surface area contributed by atoms with Crippen LogP contribution in [-0.4, -0.2) is 22.3 Å². The zero-order valence-corrected chi connectivity index (χ0v) is 6.99. The van der Waals surface area contributed by atoms with E-state index in [2.05, 4.69) is 5.92 Å². The van der Waals surface area contributed by atoms with E-state index in [9.17, 15) is 4.21 Å². The maximum atomic E-state index is 10.9. The Hall–Kier alpha value is -0.330. The Kier molecular flexibility index (Phi) is 5.27. The van der Waals surface area contributed by atoms with Crippen LogP contribution in [0.15, 0.2) is 0 Å². The first kappa shape index (κ1) is 9.67. The van der Waals surface area contributed by atoms with Crippen molar-refractivity contribution in [2.75, 3.05) is 18.1 Å². The molecule has 0 radical (unpaired) electrons. The molecule has 0 heterocycles. The molecule has 2 atom stereocenters. The van der Waals surface area contributed by atoms with Crippen molar-refractivity contribution in [3.05, 3.63) is 0 Å². The topological polar surface area (TPSA) is 43.1 Å². The Morgan fingerprint density at radius 3 is 2.80 bits per heavy atom. The van der Waals surface area contributed by atoms with Crippen LogP contribution in [0.2, 0.25) is 0 Å². The summed E-state index contributed by atoms with van der Waals surface area (Å²) < 4.78 is 10.9. The van der Waals surface area contributed by atoms with Gasteiger partial charge >= 0.3 is 0 Å². The molecule has 0 rings (SSSR count). The summed E-state index contributed by atoms with van der Waals surface area (Å²) in [7, 11) is -0.866. The molecule has 0 aliphatic rings. The third-order valence-corrected chi connectivity index (χ3v) is 2.55. The predicted octanol–water partition coefficient (Wildman–Crippen LogP) is -0.0369. The molecule has 0 aromatic heterocycles. The molecule has 58 valence electrons. The summed E-state index contributed by atoms with van der Waals surface area (Å²) in [6.07, 6.45) is 4.97. The Balaban J connectivity index is 3.49. The first-order valence-electron chi connectivity index (χ1n) is 3.19. The van der Waals surface area contributed by atoms with Crippen LogP contribution < -0.4 is 5.73 Å². The van der Waals surface area contributed by atoms with E-state index in [1.54, 1.807) is 0 Å². The van der Waals surface area contributed by atoms with Crippen LogP contribution in [0.3, 0.4) is 0 Å². The van der Waals surface area contributed by atoms with Gasteiger partial charge in [0.2, 0.25) is 0 Å². The molecule has 0 saturated heterocycles. The van der Waals surface area contributed by atoms with E-state index in [1.807, 2.05) is 6.92 Å². The molecule has 3 heteroatoms. The van der Waals surface area contributed by atoms with Crippen LogP contribution in [0, 0.1) is 18.3 Å². The lowest BCUT2D eigenvalue weighted by atomic mass is 10.2. The van der Waals surface area contributed by atoms with Gasteiger partial charge in [-0.1, -0.05) is 12.8 Å². The zero-order valence-electron chi connectivity index (χ0n) is 6.17. The Bertz CT molecular complexity index is 150. The molecule has 0 amide bonds. The van der Waals surface area contributed by atoms with E-state index >= 15 is 0 Å². The first-order valence-corrected chi connectivity index (χ1v) is 4.68. The molecule has 0 bridgehead atoms. The van der Waals surface area contributed by atoms with Crippen molar-refractivity contribution in [1.82, 2.24) is 0 Å². The lowest BCUT2D eigenvalue weighted by molar-refractivity contribution is 0.642. The van der Waals surface area contributed by atoms with Gasteiger partial charge in [-0.05, 0) is 12.5 Å². The standard InChI is InChI=1S/C7H13NOS/c1-3-4-10(9)6-7(2)5-8/h1,7H,4-6,8H2,2H3. The fourth-order valence-electron chi connectivity index (χ4n) is 0.537. The Labute approximate surface area is 64.6 Å². The van der Waals surface area contributed by atoms with Crippen molar-refractivity contribution in [1.29, 1.82) is 0 Å². The molecule has 0 spiro atoms. The summed E-state index contributed by atoms with van der Waals surface area (Å²) in [4.78, 5) is 0. The van der Waals surface area contributed by atoms with Crippen molar-refractivity contribution in [2.24, 2.45) is 11.7 Å². The highest BCUT2D eigenvalue weighted by Gasteiger charge is 2.03. The van der Waals surface area contributed by atoms with E-state index in [0.717, 1.165) is 0 Å². The van der Waals surface area contributed by atoms with Gasteiger partial charge in [0.1, 0.15) is 0 Å². The fourth-order valence-corrected chi connectivity index (χ4v) is 1.61. The van der Waals surface area contributed by atoms with Gasteiger partial charge in [-0.3, -0.25) is 4.21 Å². The minimum absolute atomic E-state index is 0.314. The maximum Gasteiger partial charge on any atom is 0.0844 e. The summed E-state index contributed by atoms with van der Waals surface area (Å²) >= 11 is 0. The average molecular weight is 159 g/mol. The van der Waals surface area contributed by atoms with Crippen molar-refractivity contribution in [3.63, 3.8) is 0 Å². The normalized spacial score (nSPS) is 15.7. The van der Waals surface area contributed by atoms with E-state index in [4.69, 9.17) is 12.2 Å². The third-order valence-electron chi connectivity index (χ3n) is 1.12. The summed E-state index contributed by atoms with van der Waals surface area (Å²) in [5.74, 6) is 3.65. The number of terminal acetylenes is 1. The van der Waals surface area contributed by atoms with Crippen molar-refractivity contribution >= 4 is 10.8 Å². The molecule has 2 unspecified atom stereocenters. The first-order chi connectivity index (χ1) is 4.70. The van der Waals surface area contributed by atoms with Gasteiger partial charge in [0, 0.05) is 16.6 Å². The van der Waals surface area contributed by atoms with Crippen molar-refractivity contribution < 1.29 is 4.21 Å². The lowest BCUT2D eigenvalue weighted by Crippen LogP contribution is -2.18. The fraction of sp³-hybridized carbons (Fsp3) is 0.714. The largest absolute Gasteiger partial charge is 0.330 e. The second-order valence-corrected chi connectivity index (χ2v) is 3.80. The summed E-state index contributed by atoms with van der Waals surface area (Å²) in [6, 6.07) is 0. The molecular weight excluding hydrogens is 146 g/mol. The summed E-state index contributed by atoms with van der Waals surface area (Å²) in [5, 5.41) is 0. The van der Waals surface area contributed by atoms with Gasteiger partial charge in [-0.25, -0.2) is 0 Å². The molecular formula is C7H13NOS. The average Bonchev–Trinajstić information content (AvgIpc) is 1.88. The second-order valence-electron chi connectivity index (χ2n) is 2.30. The van der Waals surface area contributed by atoms with Gasteiger partial charge in [0.15, 0.2) is 0 Å². The van der Waals surface area contributed by atoms with Gasteiger partial charge in [0.25, 0.3) is 0 Å². The number of hydrogen-bond acceptors (Lipinski definition) is 2. The molecule has 0 aromatic carbocycles. The highest BCUT2D eigenvalue weighted by atomic mass is 32.2. The van der Waals surface area contributed by atoms with E-state index in [1.165, 1.54) is 0 Å². The monoisotopic (exact) mass is 159 g/mol. The molecule has 2 nitrogen and oxygen atoms in total. The quantitative estimate of drug-likeness (QED) is 0.585. The maximum absolute atomic E-state index is 10.9. The van der Waals surface area contributed by atoms with Crippen LogP contribution >= 0.6 is 0 Å². The highest BCUT2D eigenvalue weighted by molar-refractivity contribution is 7.85. The van der Waals surface area contributed by atoms with Crippen LogP contribution in [0.4, 0.5) is 0 Å². The molecule has 0 aromatic rings. The van der Waals surface area contributed by atoms with Crippen LogP contribution in [0.25, 0.3) is 0 Å². The minimum atomic E-state index is -0.866. The summed E-state index contributed by atoms with van der Waals surface area (Å²) in [6.45, 7) is 2.55.